The van der Waals surface area contributed by atoms with Crippen LogP contribution >= 0.6 is 0 Å². The fraction of sp³-hybridized carbons (Fsp3) is 0.0476. The Hall–Kier alpha value is -3.87. The second kappa shape index (κ2) is 7.79. The van der Waals surface area contributed by atoms with Gasteiger partial charge in [-0.3, -0.25) is 19.9 Å². The summed E-state index contributed by atoms with van der Waals surface area (Å²) in [4.78, 5) is 20.8. The Morgan fingerprint density at radius 1 is 1.00 bits per heavy atom. The first kappa shape index (κ1) is 17.5. The van der Waals surface area contributed by atoms with Gasteiger partial charge in [0.05, 0.1) is 11.4 Å². The number of halogens is 1. The maximum atomic E-state index is 13.0. The van der Waals surface area contributed by atoms with Crippen molar-refractivity contribution in [3.05, 3.63) is 90.3 Å². The van der Waals surface area contributed by atoms with E-state index in [-0.39, 0.29) is 11.7 Å². The van der Waals surface area contributed by atoms with E-state index in [0.29, 0.717) is 17.9 Å². The summed E-state index contributed by atoms with van der Waals surface area (Å²) in [5.41, 5.74) is 4.26. The molecule has 7 heteroatoms. The minimum absolute atomic E-state index is 0.277. The number of benzene rings is 1. The summed E-state index contributed by atoms with van der Waals surface area (Å²) < 4.78 is 13.0. The zero-order valence-corrected chi connectivity index (χ0v) is 14.8. The van der Waals surface area contributed by atoms with E-state index in [0.717, 1.165) is 22.4 Å². The molecule has 0 fully saturated rings. The van der Waals surface area contributed by atoms with Crippen molar-refractivity contribution < 1.29 is 9.18 Å². The molecule has 1 aromatic carbocycles. The molecule has 138 valence electrons. The molecular weight excluding hydrogens is 357 g/mol. The van der Waals surface area contributed by atoms with Gasteiger partial charge < -0.3 is 5.32 Å². The highest BCUT2D eigenvalue weighted by molar-refractivity contribution is 5.93. The van der Waals surface area contributed by atoms with Crippen LogP contribution < -0.4 is 5.32 Å². The number of rotatable bonds is 5. The number of aromatic amines is 1. The zero-order valence-electron chi connectivity index (χ0n) is 14.8. The lowest BCUT2D eigenvalue weighted by Crippen LogP contribution is -2.23. The van der Waals surface area contributed by atoms with Gasteiger partial charge in [0.25, 0.3) is 5.91 Å². The highest BCUT2D eigenvalue weighted by Gasteiger charge is 2.11. The molecular formula is C21H16FN5O. The standard InChI is InChI=1S/C21H16FN5O/c22-17-5-3-15(4-6-17)19-11-20(27-26-19)21(28)25-12-14-7-9-24-18(10-14)16-2-1-8-23-13-16/h1-11,13H,12H2,(H,25,28)(H,26,27). The summed E-state index contributed by atoms with van der Waals surface area (Å²) in [6, 6.07) is 15.1. The van der Waals surface area contributed by atoms with Gasteiger partial charge in [0.15, 0.2) is 0 Å². The van der Waals surface area contributed by atoms with Gasteiger partial charge in [-0.1, -0.05) is 0 Å². The fourth-order valence-corrected chi connectivity index (χ4v) is 2.74. The Bertz CT molecular complexity index is 1090. The Labute approximate surface area is 160 Å². The summed E-state index contributed by atoms with van der Waals surface area (Å²) in [6.45, 7) is 0.347. The zero-order chi connectivity index (χ0) is 19.3. The first-order valence-corrected chi connectivity index (χ1v) is 8.64. The normalized spacial score (nSPS) is 10.6. The van der Waals surface area contributed by atoms with Crippen molar-refractivity contribution in [2.24, 2.45) is 0 Å². The van der Waals surface area contributed by atoms with Crippen molar-refractivity contribution >= 4 is 5.91 Å². The first-order valence-electron chi connectivity index (χ1n) is 8.64. The highest BCUT2D eigenvalue weighted by atomic mass is 19.1. The fourth-order valence-electron chi connectivity index (χ4n) is 2.74. The van der Waals surface area contributed by atoms with Crippen molar-refractivity contribution in [2.45, 2.75) is 6.54 Å². The summed E-state index contributed by atoms with van der Waals surface area (Å²) in [7, 11) is 0. The van der Waals surface area contributed by atoms with Crippen LogP contribution in [0.5, 0.6) is 0 Å². The number of H-pyrrole nitrogens is 1. The molecule has 6 nitrogen and oxygen atoms in total. The van der Waals surface area contributed by atoms with Crippen LogP contribution in [-0.2, 0) is 6.54 Å². The van der Waals surface area contributed by atoms with Gasteiger partial charge in [-0.25, -0.2) is 4.39 Å². The third kappa shape index (κ3) is 3.93. The maximum absolute atomic E-state index is 13.0. The van der Waals surface area contributed by atoms with Gasteiger partial charge >= 0.3 is 0 Å². The number of carbonyl (C=O) groups excluding carboxylic acids is 1. The largest absolute Gasteiger partial charge is 0.347 e. The third-order valence-corrected chi connectivity index (χ3v) is 4.20. The minimum atomic E-state index is -0.319. The van der Waals surface area contributed by atoms with Crippen molar-refractivity contribution in [2.75, 3.05) is 0 Å². The number of nitrogens with one attached hydrogen (secondary N) is 2. The monoisotopic (exact) mass is 373 g/mol. The molecule has 1 amide bonds. The second-order valence-corrected chi connectivity index (χ2v) is 6.15. The van der Waals surface area contributed by atoms with E-state index < -0.39 is 0 Å². The van der Waals surface area contributed by atoms with Gasteiger partial charge in [-0.15, -0.1) is 0 Å². The second-order valence-electron chi connectivity index (χ2n) is 6.15. The average Bonchev–Trinajstić information content (AvgIpc) is 3.24. The van der Waals surface area contributed by atoms with E-state index in [1.807, 2.05) is 24.3 Å². The van der Waals surface area contributed by atoms with Crippen LogP contribution in [0.4, 0.5) is 4.39 Å². The minimum Gasteiger partial charge on any atom is -0.347 e. The Balaban J connectivity index is 1.43. The van der Waals surface area contributed by atoms with Crippen LogP contribution in [0.2, 0.25) is 0 Å². The van der Waals surface area contributed by atoms with Crippen LogP contribution in [0, 0.1) is 5.82 Å². The lowest BCUT2D eigenvalue weighted by atomic mass is 10.1. The predicted octanol–water partition coefficient (Wildman–Crippen LogP) is 3.60. The van der Waals surface area contributed by atoms with Gasteiger partial charge in [0, 0.05) is 36.3 Å². The van der Waals surface area contributed by atoms with Crippen LogP contribution in [0.1, 0.15) is 16.1 Å². The molecule has 2 N–H and O–H groups in total. The molecule has 0 aliphatic heterocycles. The van der Waals surface area contributed by atoms with Crippen molar-refractivity contribution in [1.29, 1.82) is 0 Å². The summed E-state index contributed by atoms with van der Waals surface area (Å²) in [5, 5.41) is 9.69. The van der Waals surface area contributed by atoms with E-state index in [2.05, 4.69) is 25.5 Å². The number of nitrogens with zero attached hydrogens (tertiary/aromatic N) is 3. The first-order chi connectivity index (χ1) is 13.7. The number of carbonyl (C=O) groups is 1. The number of hydrogen-bond donors (Lipinski definition) is 2. The molecule has 0 aliphatic carbocycles. The van der Waals surface area contributed by atoms with Crippen LogP contribution in [0.15, 0.2) is 73.2 Å². The Kier molecular flexibility index (Phi) is 4.88. The van der Waals surface area contributed by atoms with Crippen LogP contribution in [0.25, 0.3) is 22.5 Å². The Morgan fingerprint density at radius 3 is 2.64 bits per heavy atom. The molecule has 0 saturated heterocycles. The lowest BCUT2D eigenvalue weighted by molar-refractivity contribution is 0.0946. The van der Waals surface area contributed by atoms with Crippen LogP contribution in [0.3, 0.4) is 0 Å². The van der Waals surface area contributed by atoms with Crippen molar-refractivity contribution in [3.63, 3.8) is 0 Å². The molecule has 4 aromatic rings. The molecule has 0 saturated carbocycles. The molecule has 3 heterocycles. The van der Waals surface area contributed by atoms with Gasteiger partial charge in [0.1, 0.15) is 11.5 Å². The van der Waals surface area contributed by atoms with Gasteiger partial charge in [-0.2, -0.15) is 5.10 Å². The number of hydrogen-bond acceptors (Lipinski definition) is 4. The van der Waals surface area contributed by atoms with E-state index in [4.69, 9.17) is 0 Å². The molecule has 0 unspecified atom stereocenters. The number of amides is 1. The molecule has 4 rings (SSSR count). The molecule has 0 atom stereocenters. The molecule has 0 bridgehead atoms. The van der Waals surface area contributed by atoms with E-state index >= 15 is 0 Å². The average molecular weight is 373 g/mol. The van der Waals surface area contributed by atoms with E-state index in [9.17, 15) is 9.18 Å². The van der Waals surface area contributed by atoms with Gasteiger partial charge in [-0.05, 0) is 60.2 Å². The lowest BCUT2D eigenvalue weighted by Gasteiger charge is -2.06. The SMILES string of the molecule is O=C(NCc1ccnc(-c2cccnc2)c1)c1cc(-c2ccc(F)cc2)n[nH]1. The Morgan fingerprint density at radius 2 is 1.86 bits per heavy atom. The summed E-state index contributed by atoms with van der Waals surface area (Å²) in [5.74, 6) is -0.596. The van der Waals surface area contributed by atoms with E-state index in [1.54, 1.807) is 36.8 Å². The predicted molar refractivity (Wildman–Crippen MR) is 103 cm³/mol. The van der Waals surface area contributed by atoms with Crippen molar-refractivity contribution in [3.8, 4) is 22.5 Å². The third-order valence-electron chi connectivity index (χ3n) is 4.20. The quantitative estimate of drug-likeness (QED) is 0.560. The molecule has 0 spiro atoms. The summed E-state index contributed by atoms with van der Waals surface area (Å²) in [6.07, 6.45) is 5.15. The molecule has 0 aliphatic rings. The summed E-state index contributed by atoms with van der Waals surface area (Å²) >= 11 is 0. The number of aromatic nitrogens is 4. The van der Waals surface area contributed by atoms with Crippen molar-refractivity contribution in [1.82, 2.24) is 25.5 Å². The molecule has 28 heavy (non-hydrogen) atoms. The number of pyridine rings is 2. The van der Waals surface area contributed by atoms with Gasteiger partial charge in [0.2, 0.25) is 0 Å². The maximum Gasteiger partial charge on any atom is 0.269 e. The highest BCUT2D eigenvalue weighted by Crippen LogP contribution is 2.18. The smallest absolute Gasteiger partial charge is 0.269 e. The molecule has 0 radical (unpaired) electrons. The van der Waals surface area contributed by atoms with Crippen LogP contribution in [-0.4, -0.2) is 26.1 Å². The molecule has 3 aromatic heterocycles. The topological polar surface area (TPSA) is 83.6 Å². The van der Waals surface area contributed by atoms with E-state index in [1.165, 1.54) is 12.1 Å².